The average Bonchev–Trinajstić information content (AvgIpc) is 3.35. The van der Waals surface area contributed by atoms with Crippen LogP contribution >= 0.6 is 11.3 Å². The highest BCUT2D eigenvalue weighted by atomic mass is 32.1. The van der Waals surface area contributed by atoms with Crippen LogP contribution in [-0.4, -0.2) is 42.5 Å². The van der Waals surface area contributed by atoms with E-state index in [1.807, 2.05) is 17.5 Å². The molecule has 1 aliphatic rings. The highest BCUT2D eigenvalue weighted by Crippen LogP contribution is 2.36. The Morgan fingerprint density at radius 1 is 1.38 bits per heavy atom. The lowest BCUT2D eigenvalue weighted by atomic mass is 9.88. The predicted molar refractivity (Wildman–Crippen MR) is 120 cm³/mol. The largest absolute Gasteiger partial charge is 0.443 e. The average molecular weight is 418 g/mol. The smallest absolute Gasteiger partial charge is 0.216 e. The first-order valence-electron chi connectivity index (χ1n) is 10.6. The summed E-state index contributed by atoms with van der Waals surface area (Å²) in [6.45, 7) is 11.8. The van der Waals surface area contributed by atoms with Crippen LogP contribution in [0.4, 0.5) is 0 Å². The number of piperidine rings is 1. The third-order valence-electron chi connectivity index (χ3n) is 5.38. The van der Waals surface area contributed by atoms with Crippen molar-refractivity contribution >= 4 is 17.3 Å². The van der Waals surface area contributed by atoms with Crippen molar-refractivity contribution in [3.8, 4) is 0 Å². The zero-order valence-electron chi connectivity index (χ0n) is 18.4. The Labute approximate surface area is 178 Å². The van der Waals surface area contributed by atoms with Crippen molar-refractivity contribution in [2.24, 2.45) is 10.9 Å². The molecule has 0 aromatic carbocycles. The van der Waals surface area contributed by atoms with Crippen LogP contribution in [0.5, 0.6) is 0 Å². The number of rotatable bonds is 6. The van der Waals surface area contributed by atoms with Crippen molar-refractivity contribution in [2.75, 3.05) is 26.7 Å². The number of nitrogens with one attached hydrogen (secondary N) is 2. The molecule has 2 N–H and O–H groups in total. The molecule has 3 rings (SSSR count). The molecule has 0 amide bonds. The maximum absolute atomic E-state index is 5.87. The monoisotopic (exact) mass is 417 g/mol. The first-order valence-corrected chi connectivity index (χ1v) is 11.5. The van der Waals surface area contributed by atoms with Crippen molar-refractivity contribution < 1.29 is 4.42 Å². The molecular formula is C22H35N5OS. The molecule has 2 aromatic rings. The molecule has 29 heavy (non-hydrogen) atoms. The summed E-state index contributed by atoms with van der Waals surface area (Å²) >= 11 is 1.86. The van der Waals surface area contributed by atoms with Gasteiger partial charge in [0.15, 0.2) is 5.96 Å². The van der Waals surface area contributed by atoms with Crippen molar-refractivity contribution in [2.45, 2.75) is 58.5 Å². The zero-order valence-corrected chi connectivity index (χ0v) is 19.2. The van der Waals surface area contributed by atoms with E-state index >= 15 is 0 Å². The number of likely N-dealkylation sites (tertiary alicyclic amines) is 1. The van der Waals surface area contributed by atoms with Gasteiger partial charge in [0.25, 0.3) is 0 Å². The van der Waals surface area contributed by atoms with E-state index in [4.69, 9.17) is 9.41 Å². The fourth-order valence-corrected chi connectivity index (χ4v) is 4.81. The van der Waals surface area contributed by atoms with Gasteiger partial charge in [0.2, 0.25) is 5.89 Å². The van der Waals surface area contributed by atoms with Crippen molar-refractivity contribution in [1.82, 2.24) is 20.5 Å². The molecule has 3 heterocycles. The van der Waals surface area contributed by atoms with Gasteiger partial charge in [-0.3, -0.25) is 4.90 Å². The SMILES string of the molecule is CCNC(=NCc1ncc(C(C)(C)C)o1)NCC1CCCN(C)C1c1cccs1. The summed E-state index contributed by atoms with van der Waals surface area (Å²) in [5, 5.41) is 9.08. The molecular weight excluding hydrogens is 382 g/mol. The van der Waals surface area contributed by atoms with Gasteiger partial charge in [-0.25, -0.2) is 9.98 Å². The van der Waals surface area contributed by atoms with Gasteiger partial charge in [-0.1, -0.05) is 26.8 Å². The second kappa shape index (κ2) is 9.76. The molecule has 160 valence electrons. The Bertz CT molecular complexity index is 777. The topological polar surface area (TPSA) is 65.7 Å². The van der Waals surface area contributed by atoms with Gasteiger partial charge in [0.1, 0.15) is 12.3 Å². The Morgan fingerprint density at radius 2 is 2.21 bits per heavy atom. The summed E-state index contributed by atoms with van der Waals surface area (Å²) in [6, 6.07) is 4.89. The molecule has 2 unspecified atom stereocenters. The number of aromatic nitrogens is 1. The van der Waals surface area contributed by atoms with Gasteiger partial charge in [0.05, 0.1) is 6.20 Å². The first-order chi connectivity index (χ1) is 13.9. The van der Waals surface area contributed by atoms with Gasteiger partial charge in [0, 0.05) is 29.4 Å². The molecule has 6 nitrogen and oxygen atoms in total. The Morgan fingerprint density at radius 3 is 2.86 bits per heavy atom. The fraction of sp³-hybridized carbons (Fsp3) is 0.636. The van der Waals surface area contributed by atoms with E-state index in [1.165, 1.54) is 17.7 Å². The molecule has 1 aliphatic heterocycles. The maximum Gasteiger partial charge on any atom is 0.216 e. The van der Waals surface area contributed by atoms with Crippen LogP contribution < -0.4 is 10.6 Å². The summed E-state index contributed by atoms with van der Waals surface area (Å²) in [4.78, 5) is 13.0. The Balaban J connectivity index is 1.63. The predicted octanol–water partition coefficient (Wildman–Crippen LogP) is 4.17. The van der Waals surface area contributed by atoms with E-state index in [2.05, 4.69) is 72.8 Å². The minimum atomic E-state index is -0.0402. The van der Waals surface area contributed by atoms with E-state index in [0.717, 1.165) is 31.4 Å². The fourth-order valence-electron chi connectivity index (χ4n) is 3.83. The van der Waals surface area contributed by atoms with E-state index in [-0.39, 0.29) is 5.41 Å². The number of hydrogen-bond donors (Lipinski definition) is 2. The lowest BCUT2D eigenvalue weighted by Gasteiger charge is -2.39. The second-order valence-electron chi connectivity index (χ2n) is 8.79. The van der Waals surface area contributed by atoms with Crippen LogP contribution in [0, 0.1) is 5.92 Å². The molecule has 0 saturated carbocycles. The standard InChI is InChI=1S/C22H35N5OS/c1-6-23-21(26-15-19-24-14-18(28-19)22(2,3)4)25-13-16-9-7-11-27(5)20(16)17-10-8-12-29-17/h8,10,12,14,16,20H,6-7,9,11,13,15H2,1-5H3,(H2,23,25,26). The number of guanidine groups is 1. The molecule has 1 fully saturated rings. The summed E-state index contributed by atoms with van der Waals surface area (Å²) in [7, 11) is 2.24. The van der Waals surface area contributed by atoms with Crippen molar-refractivity contribution in [3.63, 3.8) is 0 Å². The molecule has 2 atom stereocenters. The van der Waals surface area contributed by atoms with Gasteiger partial charge in [-0.2, -0.15) is 0 Å². The first kappa shape index (κ1) is 21.8. The highest BCUT2D eigenvalue weighted by molar-refractivity contribution is 7.10. The van der Waals surface area contributed by atoms with Crippen LogP contribution in [0.3, 0.4) is 0 Å². The van der Waals surface area contributed by atoms with Gasteiger partial charge in [-0.05, 0) is 50.7 Å². The molecule has 0 radical (unpaired) electrons. The normalized spacial score (nSPS) is 21.3. The lowest BCUT2D eigenvalue weighted by Crippen LogP contribution is -2.44. The summed E-state index contributed by atoms with van der Waals surface area (Å²) in [6.07, 6.45) is 4.28. The van der Waals surface area contributed by atoms with Gasteiger partial charge in [-0.15, -0.1) is 11.3 Å². The third-order valence-corrected chi connectivity index (χ3v) is 6.33. The maximum atomic E-state index is 5.87. The Kier molecular flexibility index (Phi) is 7.35. The summed E-state index contributed by atoms with van der Waals surface area (Å²) < 4.78 is 5.87. The number of nitrogens with zero attached hydrogens (tertiary/aromatic N) is 3. The number of oxazole rings is 1. The van der Waals surface area contributed by atoms with E-state index < -0.39 is 0 Å². The Hall–Kier alpha value is -1.86. The van der Waals surface area contributed by atoms with E-state index in [0.29, 0.717) is 24.4 Å². The molecule has 0 spiro atoms. The molecule has 0 bridgehead atoms. The number of thiophene rings is 1. The molecule has 0 aliphatic carbocycles. The summed E-state index contributed by atoms with van der Waals surface area (Å²) in [5.74, 6) is 2.93. The van der Waals surface area contributed by atoms with E-state index in [1.54, 1.807) is 0 Å². The third kappa shape index (κ3) is 5.82. The van der Waals surface area contributed by atoms with Crippen LogP contribution in [0.25, 0.3) is 0 Å². The molecule has 2 aromatic heterocycles. The lowest BCUT2D eigenvalue weighted by molar-refractivity contribution is 0.125. The van der Waals surface area contributed by atoms with Crippen molar-refractivity contribution in [1.29, 1.82) is 0 Å². The van der Waals surface area contributed by atoms with Gasteiger partial charge < -0.3 is 15.1 Å². The summed E-state index contributed by atoms with van der Waals surface area (Å²) in [5.41, 5.74) is -0.0402. The number of hydrogen-bond acceptors (Lipinski definition) is 5. The minimum absolute atomic E-state index is 0.0402. The minimum Gasteiger partial charge on any atom is -0.443 e. The van der Waals surface area contributed by atoms with Crippen LogP contribution in [0.15, 0.2) is 33.1 Å². The number of aliphatic imine (C=N–C) groups is 1. The quantitative estimate of drug-likeness (QED) is 0.545. The molecule has 1 saturated heterocycles. The highest BCUT2D eigenvalue weighted by Gasteiger charge is 2.31. The van der Waals surface area contributed by atoms with Crippen LogP contribution in [0.2, 0.25) is 0 Å². The van der Waals surface area contributed by atoms with Crippen LogP contribution in [0.1, 0.15) is 63.1 Å². The van der Waals surface area contributed by atoms with Crippen molar-refractivity contribution in [3.05, 3.63) is 40.2 Å². The second-order valence-corrected chi connectivity index (χ2v) is 9.77. The van der Waals surface area contributed by atoms with E-state index in [9.17, 15) is 0 Å². The van der Waals surface area contributed by atoms with Crippen LogP contribution in [-0.2, 0) is 12.0 Å². The zero-order chi connectivity index (χ0) is 20.9. The molecule has 7 heteroatoms. The van der Waals surface area contributed by atoms with Gasteiger partial charge >= 0.3 is 0 Å².